The second-order valence-electron chi connectivity index (χ2n) is 10.4. The highest BCUT2D eigenvalue weighted by molar-refractivity contribution is 6.31. The summed E-state index contributed by atoms with van der Waals surface area (Å²) in [4.78, 5) is 12.6. The van der Waals surface area contributed by atoms with Gasteiger partial charge in [0.15, 0.2) is 5.78 Å². The Morgan fingerprint density at radius 3 is 0.977 bits per heavy atom. The Kier molecular flexibility index (Phi) is 7.47. The maximum absolute atomic E-state index is 12.6. The third-order valence-electron chi connectivity index (χ3n) is 8.11. The fourth-order valence-corrected chi connectivity index (χ4v) is 6.03. The number of carbonyl (C=O) groups is 1. The molecule has 4 aromatic carbocycles. The highest BCUT2D eigenvalue weighted by atomic mass is 16.5. The lowest BCUT2D eigenvalue weighted by molar-refractivity contribution is -0.110. The van der Waals surface area contributed by atoms with E-state index in [1.165, 1.54) is 0 Å². The number of carbonyl (C=O) groups excluding carboxylic acids is 1. The predicted molar refractivity (Wildman–Crippen MR) is 171 cm³/mol. The summed E-state index contributed by atoms with van der Waals surface area (Å²) in [7, 11) is 6.66. The van der Waals surface area contributed by atoms with Crippen LogP contribution in [0.2, 0.25) is 0 Å². The lowest BCUT2D eigenvalue weighted by Gasteiger charge is -2.32. The van der Waals surface area contributed by atoms with Gasteiger partial charge in [0.25, 0.3) is 0 Å². The molecule has 6 rings (SSSR count). The summed E-state index contributed by atoms with van der Waals surface area (Å²) in [6.45, 7) is 0. The number of hydrogen-bond acceptors (Lipinski definition) is 5. The summed E-state index contributed by atoms with van der Waals surface area (Å²) < 4.78 is 22.0. The third kappa shape index (κ3) is 4.93. The van der Waals surface area contributed by atoms with E-state index < -0.39 is 5.41 Å². The van der Waals surface area contributed by atoms with Crippen LogP contribution in [-0.4, -0.2) is 34.2 Å². The first-order valence-corrected chi connectivity index (χ1v) is 14.0. The molecule has 2 aliphatic rings. The van der Waals surface area contributed by atoms with E-state index in [9.17, 15) is 4.79 Å². The molecule has 0 radical (unpaired) electrons. The zero-order valence-corrected chi connectivity index (χ0v) is 24.6. The van der Waals surface area contributed by atoms with Crippen molar-refractivity contribution in [3.05, 3.63) is 144 Å². The summed E-state index contributed by atoms with van der Waals surface area (Å²) in [5.74, 6) is 3.04. The van der Waals surface area contributed by atoms with Crippen molar-refractivity contribution in [2.75, 3.05) is 28.4 Å². The van der Waals surface area contributed by atoms with Gasteiger partial charge in [-0.3, -0.25) is 4.79 Å². The van der Waals surface area contributed by atoms with E-state index in [0.717, 1.165) is 67.5 Å². The van der Waals surface area contributed by atoms with Crippen LogP contribution in [0.25, 0.3) is 22.3 Å². The summed E-state index contributed by atoms with van der Waals surface area (Å²) in [6, 6.07) is 32.5. The Morgan fingerprint density at radius 2 is 0.698 bits per heavy atom. The van der Waals surface area contributed by atoms with Gasteiger partial charge in [0, 0.05) is 0 Å². The molecule has 214 valence electrons. The fraction of sp³-hybridized carbons (Fsp3) is 0.132. The van der Waals surface area contributed by atoms with Crippen molar-refractivity contribution in [1.29, 1.82) is 0 Å². The zero-order valence-electron chi connectivity index (χ0n) is 24.6. The molecule has 0 saturated heterocycles. The van der Waals surface area contributed by atoms with Crippen LogP contribution in [0.4, 0.5) is 0 Å². The molecule has 4 aromatic rings. The number of allylic oxidation sites excluding steroid dienone is 8. The third-order valence-corrected chi connectivity index (χ3v) is 8.11. The van der Waals surface area contributed by atoms with Gasteiger partial charge in [-0.15, -0.1) is 0 Å². The van der Waals surface area contributed by atoms with Crippen LogP contribution in [0.15, 0.2) is 121 Å². The van der Waals surface area contributed by atoms with Crippen LogP contribution in [-0.2, 0) is 4.79 Å². The number of rotatable bonds is 8. The molecule has 0 N–H and O–H groups in total. The van der Waals surface area contributed by atoms with Crippen molar-refractivity contribution in [1.82, 2.24) is 0 Å². The minimum Gasteiger partial charge on any atom is -0.497 e. The van der Waals surface area contributed by atoms with Gasteiger partial charge in [-0.05, 0) is 105 Å². The Hall–Kier alpha value is -5.29. The lowest BCUT2D eigenvalue weighted by Crippen LogP contribution is -2.21. The lowest BCUT2D eigenvalue weighted by atomic mass is 9.69. The first kappa shape index (κ1) is 27.9. The molecule has 5 nitrogen and oxygen atoms in total. The summed E-state index contributed by atoms with van der Waals surface area (Å²) in [6.07, 6.45) is 7.42. The number of methoxy groups -OCH3 is 4. The first-order valence-electron chi connectivity index (χ1n) is 14.0. The average molecular weight is 569 g/mol. The molecule has 0 fully saturated rings. The Labute approximate surface area is 252 Å². The molecule has 5 heteroatoms. The Bertz CT molecular complexity index is 1640. The Balaban J connectivity index is 1.76. The van der Waals surface area contributed by atoms with Gasteiger partial charge in [0.1, 0.15) is 23.0 Å². The van der Waals surface area contributed by atoms with E-state index in [-0.39, 0.29) is 5.78 Å². The molecule has 0 amide bonds. The largest absolute Gasteiger partial charge is 0.497 e. The van der Waals surface area contributed by atoms with E-state index >= 15 is 0 Å². The van der Waals surface area contributed by atoms with Crippen LogP contribution in [0, 0.1) is 5.41 Å². The van der Waals surface area contributed by atoms with Gasteiger partial charge in [-0.25, -0.2) is 0 Å². The number of ketones is 1. The van der Waals surface area contributed by atoms with Gasteiger partial charge < -0.3 is 18.9 Å². The highest BCUT2D eigenvalue weighted by Crippen LogP contribution is 2.63. The molecule has 0 heterocycles. The van der Waals surface area contributed by atoms with Gasteiger partial charge in [0.05, 0.1) is 33.9 Å². The van der Waals surface area contributed by atoms with E-state index in [0.29, 0.717) is 0 Å². The second-order valence-corrected chi connectivity index (χ2v) is 10.4. The van der Waals surface area contributed by atoms with Crippen molar-refractivity contribution < 1.29 is 23.7 Å². The minimum atomic E-state index is -0.748. The molecule has 0 aromatic heterocycles. The highest BCUT2D eigenvalue weighted by Gasteiger charge is 2.46. The van der Waals surface area contributed by atoms with Gasteiger partial charge in [-0.1, -0.05) is 60.7 Å². The number of ether oxygens (including phenoxy) is 4. The second kappa shape index (κ2) is 11.5. The fourth-order valence-electron chi connectivity index (χ4n) is 6.03. The molecule has 43 heavy (non-hydrogen) atoms. The van der Waals surface area contributed by atoms with Crippen molar-refractivity contribution in [2.45, 2.75) is 0 Å². The van der Waals surface area contributed by atoms with Crippen LogP contribution in [0.1, 0.15) is 22.3 Å². The quantitative estimate of drug-likeness (QED) is 0.216. The predicted octanol–water partition coefficient (Wildman–Crippen LogP) is 7.94. The smallest absolute Gasteiger partial charge is 0.178 e. The average Bonchev–Trinajstić information content (AvgIpc) is 3.36. The van der Waals surface area contributed by atoms with E-state index in [1.54, 1.807) is 40.6 Å². The van der Waals surface area contributed by atoms with Crippen molar-refractivity contribution in [3.8, 4) is 23.0 Å². The number of benzene rings is 4. The van der Waals surface area contributed by atoms with E-state index in [1.807, 2.05) is 60.7 Å². The maximum Gasteiger partial charge on any atom is 0.178 e. The van der Waals surface area contributed by atoms with E-state index in [2.05, 4.69) is 48.5 Å². The molecule has 0 atom stereocenters. The maximum atomic E-state index is 12.6. The van der Waals surface area contributed by atoms with Gasteiger partial charge in [0.2, 0.25) is 0 Å². The molecule has 0 aliphatic heterocycles. The topological polar surface area (TPSA) is 54.0 Å². The first-order chi connectivity index (χ1) is 21.0. The summed E-state index contributed by atoms with van der Waals surface area (Å²) in [5, 5.41) is 0. The van der Waals surface area contributed by atoms with Gasteiger partial charge in [-0.2, -0.15) is 0 Å². The zero-order chi connectivity index (χ0) is 30.0. The molecule has 0 bridgehead atoms. The number of hydrogen-bond donors (Lipinski definition) is 0. The molecule has 2 aliphatic carbocycles. The molecule has 0 unspecified atom stereocenters. The molecule has 1 spiro atoms. The molecule has 0 saturated carbocycles. The molecular formula is C38H32O5. The van der Waals surface area contributed by atoms with Crippen LogP contribution < -0.4 is 18.9 Å². The summed E-state index contributed by atoms with van der Waals surface area (Å²) in [5.41, 5.74) is 7.60. The van der Waals surface area contributed by atoms with Crippen molar-refractivity contribution in [2.24, 2.45) is 5.41 Å². The molecular weight excluding hydrogens is 536 g/mol. The van der Waals surface area contributed by atoms with Gasteiger partial charge >= 0.3 is 0 Å². The van der Waals surface area contributed by atoms with Crippen molar-refractivity contribution >= 4 is 28.1 Å². The van der Waals surface area contributed by atoms with Crippen LogP contribution >= 0.6 is 0 Å². The minimum absolute atomic E-state index is 0.0438. The van der Waals surface area contributed by atoms with E-state index in [4.69, 9.17) is 18.9 Å². The van der Waals surface area contributed by atoms with Crippen LogP contribution in [0.5, 0.6) is 23.0 Å². The standard InChI is InChI=1S/C38H32O5/c1-40-30-13-5-25(6-14-30)34-35(26-7-15-31(41-2)16-8-26)37(28-11-19-33(43-4)20-12-28)38(23-21-29(39)22-24-38)36(34)27-9-17-32(42-3)18-10-27/h5-24H,1-4H3. The monoisotopic (exact) mass is 568 g/mol. The Morgan fingerprint density at radius 1 is 0.419 bits per heavy atom. The van der Waals surface area contributed by atoms with Crippen LogP contribution in [0.3, 0.4) is 0 Å². The summed E-state index contributed by atoms with van der Waals surface area (Å²) >= 11 is 0. The normalized spacial score (nSPS) is 15.3. The SMILES string of the molecule is COc1ccc(C2=C(c3ccc(OC)cc3)C3(C=CC(=O)C=C3)C(c3ccc(OC)cc3)=C2c2ccc(OC)cc2)cc1. The van der Waals surface area contributed by atoms with Crippen molar-refractivity contribution in [3.63, 3.8) is 0 Å².